The SMILES string of the molecule is CCC1(CC)CC(NC(=O)Cc2cccc(O)c2)CCO1. The van der Waals surface area contributed by atoms with Crippen LogP contribution >= 0.6 is 0 Å². The third-order valence-corrected chi connectivity index (χ3v) is 4.42. The first-order valence-corrected chi connectivity index (χ1v) is 7.78. The van der Waals surface area contributed by atoms with Gasteiger partial charge in [0.2, 0.25) is 5.91 Å². The van der Waals surface area contributed by atoms with Gasteiger partial charge >= 0.3 is 0 Å². The van der Waals surface area contributed by atoms with E-state index in [0.29, 0.717) is 13.0 Å². The van der Waals surface area contributed by atoms with Gasteiger partial charge in [0.1, 0.15) is 5.75 Å². The molecule has 4 nitrogen and oxygen atoms in total. The van der Waals surface area contributed by atoms with Crippen LogP contribution < -0.4 is 5.32 Å². The van der Waals surface area contributed by atoms with Gasteiger partial charge in [0.05, 0.1) is 12.0 Å². The van der Waals surface area contributed by atoms with Crippen molar-refractivity contribution in [1.82, 2.24) is 5.32 Å². The lowest BCUT2D eigenvalue weighted by Crippen LogP contribution is -2.48. The van der Waals surface area contributed by atoms with E-state index < -0.39 is 0 Å². The molecule has 1 fully saturated rings. The van der Waals surface area contributed by atoms with Gasteiger partial charge in [-0.25, -0.2) is 0 Å². The Bertz CT molecular complexity index is 483. The van der Waals surface area contributed by atoms with Gasteiger partial charge in [-0.1, -0.05) is 26.0 Å². The van der Waals surface area contributed by atoms with Gasteiger partial charge in [-0.15, -0.1) is 0 Å². The molecular formula is C17H25NO3. The van der Waals surface area contributed by atoms with Crippen molar-refractivity contribution in [3.63, 3.8) is 0 Å². The fraction of sp³-hybridized carbons (Fsp3) is 0.588. The number of phenolic OH excluding ortho intramolecular Hbond substituents is 1. The monoisotopic (exact) mass is 291 g/mol. The first-order valence-electron chi connectivity index (χ1n) is 7.78. The minimum Gasteiger partial charge on any atom is -0.508 e. The van der Waals surface area contributed by atoms with Crippen LogP contribution in [-0.4, -0.2) is 29.3 Å². The molecule has 1 aromatic carbocycles. The van der Waals surface area contributed by atoms with Crippen LogP contribution in [0.1, 0.15) is 45.1 Å². The number of nitrogens with one attached hydrogen (secondary N) is 1. The van der Waals surface area contributed by atoms with E-state index in [1.54, 1.807) is 18.2 Å². The number of ether oxygens (including phenoxy) is 1. The van der Waals surface area contributed by atoms with E-state index in [-0.39, 0.29) is 23.3 Å². The minimum atomic E-state index is -0.0821. The first kappa shape index (κ1) is 15.8. The molecular weight excluding hydrogens is 266 g/mol. The summed E-state index contributed by atoms with van der Waals surface area (Å²) in [7, 11) is 0. The minimum absolute atomic E-state index is 0.00797. The molecule has 4 heteroatoms. The van der Waals surface area contributed by atoms with Crippen LogP contribution in [0.5, 0.6) is 5.75 Å². The Kier molecular flexibility index (Phi) is 5.23. The van der Waals surface area contributed by atoms with Gasteiger partial charge in [0, 0.05) is 12.6 Å². The predicted molar refractivity (Wildman–Crippen MR) is 82.2 cm³/mol. The number of benzene rings is 1. The average Bonchev–Trinajstić information content (AvgIpc) is 2.47. The van der Waals surface area contributed by atoms with E-state index in [1.807, 2.05) is 6.07 Å². The Balaban J connectivity index is 1.90. The van der Waals surface area contributed by atoms with Crippen molar-refractivity contribution in [2.75, 3.05) is 6.61 Å². The second kappa shape index (κ2) is 6.94. The van der Waals surface area contributed by atoms with E-state index in [0.717, 1.165) is 31.2 Å². The molecule has 1 saturated heterocycles. The Morgan fingerprint density at radius 3 is 2.86 bits per heavy atom. The maximum atomic E-state index is 12.1. The summed E-state index contributed by atoms with van der Waals surface area (Å²) in [6, 6.07) is 7.03. The number of carbonyl (C=O) groups is 1. The second-order valence-electron chi connectivity index (χ2n) is 5.84. The molecule has 1 aromatic rings. The lowest BCUT2D eigenvalue weighted by atomic mass is 9.86. The number of rotatable bonds is 5. The third-order valence-electron chi connectivity index (χ3n) is 4.42. The number of amides is 1. The lowest BCUT2D eigenvalue weighted by Gasteiger charge is -2.40. The number of hydrogen-bond acceptors (Lipinski definition) is 3. The van der Waals surface area contributed by atoms with Crippen molar-refractivity contribution in [3.05, 3.63) is 29.8 Å². The summed E-state index contributed by atoms with van der Waals surface area (Å²) in [6.45, 7) is 4.99. The van der Waals surface area contributed by atoms with Gasteiger partial charge in [-0.2, -0.15) is 0 Å². The molecule has 1 amide bonds. The summed E-state index contributed by atoms with van der Waals surface area (Å²) >= 11 is 0. The van der Waals surface area contributed by atoms with Crippen LogP contribution in [0.4, 0.5) is 0 Å². The maximum Gasteiger partial charge on any atom is 0.224 e. The predicted octanol–water partition coefficient (Wildman–Crippen LogP) is 2.79. The van der Waals surface area contributed by atoms with Crippen LogP contribution in [0.25, 0.3) is 0 Å². The zero-order valence-corrected chi connectivity index (χ0v) is 12.9. The van der Waals surface area contributed by atoms with E-state index in [4.69, 9.17) is 4.74 Å². The fourth-order valence-electron chi connectivity index (χ4n) is 3.02. The van der Waals surface area contributed by atoms with Crippen LogP contribution in [-0.2, 0) is 16.0 Å². The molecule has 0 radical (unpaired) electrons. The third kappa shape index (κ3) is 4.21. The largest absolute Gasteiger partial charge is 0.508 e. The van der Waals surface area contributed by atoms with Crippen molar-refractivity contribution in [1.29, 1.82) is 0 Å². The molecule has 1 atom stereocenters. The summed E-state index contributed by atoms with van der Waals surface area (Å²) in [5, 5.41) is 12.5. The molecule has 116 valence electrons. The highest BCUT2D eigenvalue weighted by atomic mass is 16.5. The summed E-state index contributed by atoms with van der Waals surface area (Å²) in [5.41, 5.74) is 0.748. The molecule has 2 N–H and O–H groups in total. The smallest absolute Gasteiger partial charge is 0.224 e. The van der Waals surface area contributed by atoms with Crippen molar-refractivity contribution in [2.45, 2.75) is 57.6 Å². The van der Waals surface area contributed by atoms with E-state index in [1.165, 1.54) is 0 Å². The number of phenols is 1. The molecule has 0 saturated carbocycles. The Labute approximate surface area is 126 Å². The van der Waals surface area contributed by atoms with E-state index in [2.05, 4.69) is 19.2 Å². The highest BCUT2D eigenvalue weighted by Crippen LogP contribution is 2.31. The Hall–Kier alpha value is -1.55. The van der Waals surface area contributed by atoms with Crippen LogP contribution in [0.15, 0.2) is 24.3 Å². The molecule has 1 unspecified atom stereocenters. The van der Waals surface area contributed by atoms with Gasteiger partial charge in [-0.3, -0.25) is 4.79 Å². The quantitative estimate of drug-likeness (QED) is 0.877. The van der Waals surface area contributed by atoms with Crippen molar-refractivity contribution >= 4 is 5.91 Å². The molecule has 0 spiro atoms. The van der Waals surface area contributed by atoms with Crippen LogP contribution in [0, 0.1) is 0 Å². The molecule has 1 heterocycles. The van der Waals surface area contributed by atoms with E-state index >= 15 is 0 Å². The van der Waals surface area contributed by atoms with Gasteiger partial charge in [0.25, 0.3) is 0 Å². The summed E-state index contributed by atoms with van der Waals surface area (Å²) in [5.74, 6) is 0.205. The maximum absolute atomic E-state index is 12.1. The molecule has 2 rings (SSSR count). The van der Waals surface area contributed by atoms with Crippen LogP contribution in [0.2, 0.25) is 0 Å². The van der Waals surface area contributed by atoms with Gasteiger partial charge in [0.15, 0.2) is 0 Å². The zero-order valence-electron chi connectivity index (χ0n) is 12.9. The highest BCUT2D eigenvalue weighted by molar-refractivity contribution is 5.79. The van der Waals surface area contributed by atoms with Gasteiger partial charge < -0.3 is 15.2 Å². The Morgan fingerprint density at radius 1 is 1.43 bits per heavy atom. The molecule has 0 bridgehead atoms. The second-order valence-corrected chi connectivity index (χ2v) is 5.84. The number of hydrogen-bond donors (Lipinski definition) is 2. The highest BCUT2D eigenvalue weighted by Gasteiger charge is 2.34. The normalized spacial score (nSPS) is 21.0. The Morgan fingerprint density at radius 2 is 2.19 bits per heavy atom. The lowest BCUT2D eigenvalue weighted by molar-refractivity contribution is -0.125. The zero-order chi connectivity index (χ0) is 15.3. The summed E-state index contributed by atoms with van der Waals surface area (Å²) < 4.78 is 5.93. The molecule has 0 aromatic heterocycles. The molecule has 1 aliphatic rings. The molecule has 1 aliphatic heterocycles. The van der Waals surface area contributed by atoms with Crippen molar-refractivity contribution < 1.29 is 14.6 Å². The van der Waals surface area contributed by atoms with Crippen molar-refractivity contribution in [3.8, 4) is 5.75 Å². The number of carbonyl (C=O) groups excluding carboxylic acids is 1. The average molecular weight is 291 g/mol. The standard InChI is InChI=1S/C17H25NO3/c1-3-17(4-2)12-14(8-9-21-17)18-16(20)11-13-6-5-7-15(19)10-13/h5-7,10,14,19H,3-4,8-9,11-12H2,1-2H3,(H,18,20). The summed E-state index contributed by atoms with van der Waals surface area (Å²) in [6.07, 6.45) is 4.00. The fourth-order valence-corrected chi connectivity index (χ4v) is 3.02. The topological polar surface area (TPSA) is 58.6 Å². The first-order chi connectivity index (χ1) is 10.1. The molecule has 0 aliphatic carbocycles. The van der Waals surface area contributed by atoms with Gasteiger partial charge in [-0.05, 0) is 43.4 Å². The summed E-state index contributed by atoms with van der Waals surface area (Å²) in [4.78, 5) is 12.1. The number of aromatic hydroxyl groups is 1. The van der Waals surface area contributed by atoms with Crippen LogP contribution in [0.3, 0.4) is 0 Å². The van der Waals surface area contributed by atoms with E-state index in [9.17, 15) is 9.90 Å². The molecule has 21 heavy (non-hydrogen) atoms. The van der Waals surface area contributed by atoms with Crippen molar-refractivity contribution in [2.24, 2.45) is 0 Å².